The van der Waals surface area contributed by atoms with E-state index in [4.69, 9.17) is 0 Å². The van der Waals surface area contributed by atoms with Gasteiger partial charge in [-0.25, -0.2) is 22.6 Å². The largest absolute Gasteiger partial charge is 0.478 e. The first kappa shape index (κ1) is 23.1. The third-order valence-corrected chi connectivity index (χ3v) is 6.44. The van der Waals surface area contributed by atoms with Gasteiger partial charge in [-0.05, 0) is 43.5 Å². The van der Waals surface area contributed by atoms with Crippen LogP contribution in [0.5, 0.6) is 0 Å². The van der Waals surface area contributed by atoms with E-state index < -0.39 is 39.4 Å². The number of nitrogens with zero attached hydrogens (tertiary/aromatic N) is 3. The van der Waals surface area contributed by atoms with Crippen LogP contribution in [0.3, 0.4) is 0 Å². The molecule has 1 fully saturated rings. The van der Waals surface area contributed by atoms with E-state index in [-0.39, 0.29) is 22.4 Å². The molecular weight excluding hydrogens is 439 g/mol. The lowest BCUT2D eigenvalue weighted by Crippen LogP contribution is -2.43. The van der Waals surface area contributed by atoms with Gasteiger partial charge in [0.15, 0.2) is 0 Å². The minimum absolute atomic E-state index is 0.0527. The zero-order valence-corrected chi connectivity index (χ0v) is 18.0. The number of sulfonamides is 1. The molecule has 11 heteroatoms. The fraction of sp³-hybridized carbons (Fsp3) is 0.333. The lowest BCUT2D eigenvalue weighted by Gasteiger charge is -2.32. The highest BCUT2D eigenvalue weighted by molar-refractivity contribution is 7.89. The fourth-order valence-corrected chi connectivity index (χ4v) is 4.77. The molecule has 0 spiro atoms. The summed E-state index contributed by atoms with van der Waals surface area (Å²) in [5.41, 5.74) is 0.571. The van der Waals surface area contributed by atoms with E-state index >= 15 is 0 Å². The topological polar surface area (TPSA) is 140 Å². The van der Waals surface area contributed by atoms with E-state index in [2.05, 4.69) is 9.71 Å². The van der Waals surface area contributed by atoms with Gasteiger partial charge in [0.2, 0.25) is 15.9 Å². The molecule has 1 saturated heterocycles. The monoisotopic (exact) mass is 460 g/mol. The van der Waals surface area contributed by atoms with Crippen LogP contribution in [0.25, 0.3) is 0 Å². The maximum absolute atomic E-state index is 13.3. The molecule has 0 bridgehead atoms. The average Bonchev–Trinajstić information content (AvgIpc) is 2.72. The van der Waals surface area contributed by atoms with Crippen LogP contribution in [0.15, 0.2) is 30.3 Å². The molecule has 1 aliphatic rings. The van der Waals surface area contributed by atoms with Crippen molar-refractivity contribution in [3.8, 4) is 6.07 Å². The number of benzene rings is 1. The highest BCUT2D eigenvalue weighted by atomic mass is 32.2. The third kappa shape index (κ3) is 5.39. The minimum Gasteiger partial charge on any atom is -0.478 e. The Kier molecular flexibility index (Phi) is 6.74. The molecule has 1 aromatic heterocycles. The summed E-state index contributed by atoms with van der Waals surface area (Å²) >= 11 is 0. The summed E-state index contributed by atoms with van der Waals surface area (Å²) < 4.78 is 39.9. The second-order valence-corrected chi connectivity index (χ2v) is 9.25. The van der Waals surface area contributed by atoms with Gasteiger partial charge >= 0.3 is 5.97 Å². The summed E-state index contributed by atoms with van der Waals surface area (Å²) in [6, 6.07) is 8.38. The maximum atomic E-state index is 13.3. The van der Waals surface area contributed by atoms with Gasteiger partial charge in [-0.1, -0.05) is 12.1 Å². The van der Waals surface area contributed by atoms with Crippen molar-refractivity contribution in [3.05, 3.63) is 58.5 Å². The molecule has 168 valence electrons. The number of rotatable bonds is 6. The summed E-state index contributed by atoms with van der Waals surface area (Å²) in [6.07, 6.45) is 0.654. The number of hydrogen-bond acceptors (Lipinski definition) is 7. The van der Waals surface area contributed by atoms with Crippen LogP contribution >= 0.6 is 0 Å². The summed E-state index contributed by atoms with van der Waals surface area (Å²) in [7, 11) is -3.99. The van der Waals surface area contributed by atoms with Crippen LogP contribution in [-0.2, 0) is 20.6 Å². The lowest BCUT2D eigenvalue weighted by molar-refractivity contribution is -0.123. The predicted molar refractivity (Wildman–Crippen MR) is 113 cm³/mol. The second-order valence-electron chi connectivity index (χ2n) is 7.53. The predicted octanol–water partition coefficient (Wildman–Crippen LogP) is 1.96. The maximum Gasteiger partial charge on any atom is 0.337 e. The molecule has 3 rings (SSSR count). The highest BCUT2D eigenvalue weighted by Gasteiger charge is 2.29. The number of carboxylic acid groups (broad SMARTS) is 1. The van der Waals surface area contributed by atoms with Crippen LogP contribution in [0.4, 0.5) is 10.2 Å². The van der Waals surface area contributed by atoms with Crippen LogP contribution in [-0.4, -0.2) is 43.5 Å². The van der Waals surface area contributed by atoms with Crippen LogP contribution in [0, 0.1) is 30.0 Å². The molecular formula is C21H21FN4O5S. The zero-order chi connectivity index (χ0) is 23.5. The summed E-state index contributed by atoms with van der Waals surface area (Å²) in [5.74, 6) is -3.10. The molecule has 0 aliphatic carbocycles. The van der Waals surface area contributed by atoms with E-state index in [0.29, 0.717) is 31.7 Å². The molecule has 0 radical (unpaired) electrons. The summed E-state index contributed by atoms with van der Waals surface area (Å²) in [4.78, 5) is 29.8. The number of carboxylic acids is 1. The molecule has 2 aromatic rings. The van der Waals surface area contributed by atoms with Crippen molar-refractivity contribution >= 4 is 27.7 Å². The Morgan fingerprint density at radius 1 is 1.31 bits per heavy atom. The quantitative estimate of drug-likeness (QED) is 0.667. The Balaban J connectivity index is 1.64. The number of piperidine rings is 1. The van der Waals surface area contributed by atoms with Crippen LogP contribution in [0.1, 0.15) is 40.0 Å². The SMILES string of the molecule is Cc1nc(N2CCC(C(=O)NS(=O)(=O)Cc3cccc(F)c3)CC2)c(C#N)cc1C(=O)O. The number of carbonyl (C=O) groups excluding carboxylic acids is 1. The van der Waals surface area contributed by atoms with E-state index in [0.717, 1.165) is 6.07 Å². The molecule has 2 N–H and O–H groups in total. The summed E-state index contributed by atoms with van der Waals surface area (Å²) in [6.45, 7) is 2.23. The zero-order valence-electron chi connectivity index (χ0n) is 17.2. The van der Waals surface area contributed by atoms with Gasteiger partial charge in [-0.2, -0.15) is 5.26 Å². The van der Waals surface area contributed by atoms with Crippen molar-refractivity contribution in [1.82, 2.24) is 9.71 Å². The van der Waals surface area contributed by atoms with Crippen molar-refractivity contribution in [2.45, 2.75) is 25.5 Å². The number of carbonyl (C=O) groups is 2. The lowest BCUT2D eigenvalue weighted by atomic mass is 9.96. The number of amides is 1. The first-order valence-corrected chi connectivity index (χ1v) is 11.4. The first-order valence-electron chi connectivity index (χ1n) is 9.78. The molecule has 1 amide bonds. The van der Waals surface area contributed by atoms with Crippen molar-refractivity contribution in [1.29, 1.82) is 5.26 Å². The van der Waals surface area contributed by atoms with Crippen LogP contribution in [0.2, 0.25) is 0 Å². The molecule has 2 heterocycles. The number of hydrogen-bond donors (Lipinski definition) is 2. The van der Waals surface area contributed by atoms with Gasteiger partial charge in [0, 0.05) is 19.0 Å². The summed E-state index contributed by atoms with van der Waals surface area (Å²) in [5, 5.41) is 18.6. The van der Waals surface area contributed by atoms with Crippen molar-refractivity contribution < 1.29 is 27.5 Å². The van der Waals surface area contributed by atoms with E-state index in [1.807, 2.05) is 6.07 Å². The molecule has 1 aromatic carbocycles. The molecule has 0 unspecified atom stereocenters. The van der Waals surface area contributed by atoms with Crippen LogP contribution < -0.4 is 9.62 Å². The Morgan fingerprint density at radius 2 is 2.00 bits per heavy atom. The normalized spacial score (nSPS) is 14.6. The van der Waals surface area contributed by atoms with Crippen molar-refractivity contribution in [2.24, 2.45) is 5.92 Å². The highest BCUT2D eigenvalue weighted by Crippen LogP contribution is 2.26. The average molecular weight is 460 g/mol. The number of aromatic carboxylic acids is 1. The Hall–Kier alpha value is -3.52. The van der Waals surface area contributed by atoms with E-state index in [1.165, 1.54) is 31.2 Å². The number of aromatic nitrogens is 1. The Bertz CT molecular complexity index is 1200. The van der Waals surface area contributed by atoms with Gasteiger partial charge < -0.3 is 10.0 Å². The second kappa shape index (κ2) is 9.32. The fourth-order valence-electron chi connectivity index (χ4n) is 3.60. The van der Waals surface area contributed by atoms with E-state index in [1.54, 1.807) is 4.90 Å². The van der Waals surface area contributed by atoms with Gasteiger partial charge in [-0.15, -0.1) is 0 Å². The first-order chi connectivity index (χ1) is 15.1. The minimum atomic E-state index is -3.99. The molecule has 0 atom stereocenters. The number of nitriles is 1. The number of halogens is 1. The third-order valence-electron chi connectivity index (χ3n) is 5.21. The smallest absolute Gasteiger partial charge is 0.337 e. The molecule has 1 aliphatic heterocycles. The van der Waals surface area contributed by atoms with Gasteiger partial charge in [0.05, 0.1) is 22.6 Å². The molecule has 9 nitrogen and oxygen atoms in total. The standard InChI is InChI=1S/C21H21FN4O5S/c1-13-18(21(28)29)10-16(11-23)19(24-13)26-7-5-15(6-8-26)20(27)25-32(30,31)12-14-3-2-4-17(22)9-14/h2-4,9-10,15H,5-8,12H2,1H3,(H,25,27)(H,28,29). The number of pyridine rings is 1. The number of nitrogens with one attached hydrogen (secondary N) is 1. The van der Waals surface area contributed by atoms with Gasteiger partial charge in [-0.3, -0.25) is 9.52 Å². The molecule has 32 heavy (non-hydrogen) atoms. The van der Waals surface area contributed by atoms with Gasteiger partial charge in [0.1, 0.15) is 17.7 Å². The number of anilines is 1. The molecule has 0 saturated carbocycles. The van der Waals surface area contributed by atoms with Crippen molar-refractivity contribution in [3.63, 3.8) is 0 Å². The van der Waals surface area contributed by atoms with Gasteiger partial charge in [0.25, 0.3) is 0 Å². The number of aryl methyl sites for hydroxylation is 1. The van der Waals surface area contributed by atoms with Crippen molar-refractivity contribution in [2.75, 3.05) is 18.0 Å². The Labute approximate surface area is 184 Å². The Morgan fingerprint density at radius 3 is 2.59 bits per heavy atom. The van der Waals surface area contributed by atoms with E-state index in [9.17, 15) is 32.8 Å².